The predicted octanol–water partition coefficient (Wildman–Crippen LogP) is 1.05. The molecule has 0 aliphatic heterocycles. The van der Waals surface area contributed by atoms with Crippen LogP contribution in [-0.4, -0.2) is 66.3 Å². The third kappa shape index (κ3) is 13.9. The molecule has 0 bridgehead atoms. The van der Waals surface area contributed by atoms with E-state index in [1.54, 1.807) is 13.8 Å². The molecule has 0 radical (unpaired) electrons. The van der Waals surface area contributed by atoms with E-state index in [-0.39, 0.29) is 24.7 Å². The third-order valence-corrected chi connectivity index (χ3v) is 7.75. The van der Waals surface area contributed by atoms with E-state index in [0.717, 1.165) is 17.5 Å². The van der Waals surface area contributed by atoms with Gasteiger partial charge in [-0.25, -0.2) is 0 Å². The number of nitrogens with one attached hydrogen (secondary N) is 4. The van der Waals surface area contributed by atoms with Gasteiger partial charge in [0.25, 0.3) is 0 Å². The largest absolute Gasteiger partial charge is 0.368 e. The zero-order valence-electron chi connectivity index (χ0n) is 28.0. The maximum atomic E-state index is 13.7. The lowest BCUT2D eigenvalue weighted by Gasteiger charge is -2.28. The molecule has 0 fully saturated rings. The van der Waals surface area contributed by atoms with Crippen molar-refractivity contribution in [2.24, 2.45) is 29.0 Å². The lowest BCUT2D eigenvalue weighted by molar-refractivity contribution is -0.135. The summed E-state index contributed by atoms with van der Waals surface area (Å²) < 4.78 is 0. The fraction of sp³-hybridized carbons (Fsp3) is 0.514. The second-order valence-corrected chi connectivity index (χ2v) is 12.7. The van der Waals surface area contributed by atoms with Crippen molar-refractivity contribution in [2.75, 3.05) is 6.54 Å². The van der Waals surface area contributed by atoms with Gasteiger partial charge in [-0.3, -0.25) is 24.0 Å². The summed E-state index contributed by atoms with van der Waals surface area (Å²) in [7, 11) is 0. The van der Waals surface area contributed by atoms with E-state index in [0.29, 0.717) is 25.8 Å². The van der Waals surface area contributed by atoms with Crippen LogP contribution < -0.4 is 38.5 Å². The van der Waals surface area contributed by atoms with Crippen molar-refractivity contribution in [1.82, 2.24) is 21.3 Å². The van der Waals surface area contributed by atoms with Crippen LogP contribution in [0.15, 0.2) is 60.7 Å². The van der Waals surface area contributed by atoms with E-state index in [9.17, 15) is 24.0 Å². The quantitative estimate of drug-likeness (QED) is 0.103. The van der Waals surface area contributed by atoms with Crippen molar-refractivity contribution in [3.63, 3.8) is 0 Å². The fourth-order valence-electron chi connectivity index (χ4n) is 5.08. The highest BCUT2D eigenvalue weighted by atomic mass is 16.2. The second kappa shape index (κ2) is 20.1. The molecule has 258 valence electrons. The number of amides is 5. The minimum atomic E-state index is -1.08. The summed E-state index contributed by atoms with van der Waals surface area (Å²) in [5, 5.41) is 11.0. The summed E-state index contributed by atoms with van der Waals surface area (Å²) in [6, 6.07) is 13.4. The molecular formula is C35H53N7O5. The maximum Gasteiger partial charge on any atom is 0.243 e. The van der Waals surface area contributed by atoms with Crippen LogP contribution in [0.1, 0.15) is 64.5 Å². The molecule has 0 unspecified atom stereocenters. The number of carbonyl (C=O) groups is 5. The van der Waals surface area contributed by atoms with Crippen LogP contribution in [0.4, 0.5) is 0 Å². The molecule has 0 saturated carbocycles. The molecule has 0 spiro atoms. The van der Waals surface area contributed by atoms with Gasteiger partial charge >= 0.3 is 0 Å². The van der Waals surface area contributed by atoms with Gasteiger partial charge in [-0.2, -0.15) is 0 Å². The van der Waals surface area contributed by atoms with E-state index in [1.165, 1.54) is 0 Å². The van der Waals surface area contributed by atoms with Crippen molar-refractivity contribution < 1.29 is 24.0 Å². The average molecular weight is 652 g/mol. The Morgan fingerprint density at radius 2 is 1.13 bits per heavy atom. The third-order valence-electron chi connectivity index (χ3n) is 7.75. The monoisotopic (exact) mass is 651 g/mol. The molecule has 2 aromatic carbocycles. The van der Waals surface area contributed by atoms with Gasteiger partial charge < -0.3 is 38.5 Å². The Bertz CT molecular complexity index is 1290. The van der Waals surface area contributed by atoms with Crippen molar-refractivity contribution in [3.05, 3.63) is 71.8 Å². The number of nitrogens with two attached hydrogens (primary N) is 3. The molecule has 12 heteroatoms. The lowest BCUT2D eigenvalue weighted by atomic mass is 9.98. The van der Waals surface area contributed by atoms with Gasteiger partial charge in [0.05, 0.1) is 6.04 Å². The number of hydrogen-bond acceptors (Lipinski definition) is 7. The molecule has 5 atom stereocenters. The van der Waals surface area contributed by atoms with E-state index in [4.69, 9.17) is 17.2 Å². The van der Waals surface area contributed by atoms with Crippen LogP contribution >= 0.6 is 0 Å². The topological polar surface area (TPSA) is 212 Å². The van der Waals surface area contributed by atoms with Crippen molar-refractivity contribution in [3.8, 4) is 0 Å². The summed E-state index contributed by atoms with van der Waals surface area (Å²) in [5.74, 6) is -3.19. The highest BCUT2D eigenvalue weighted by Crippen LogP contribution is 2.11. The molecule has 2 rings (SSSR count). The number of unbranched alkanes of at least 4 members (excludes halogenated alkanes) is 1. The van der Waals surface area contributed by atoms with Crippen LogP contribution in [0.2, 0.25) is 0 Å². The molecule has 0 aliphatic rings. The first-order valence-electron chi connectivity index (χ1n) is 16.4. The Balaban J connectivity index is 2.24. The Morgan fingerprint density at radius 3 is 1.62 bits per heavy atom. The summed E-state index contributed by atoms with van der Waals surface area (Å²) >= 11 is 0. The first-order chi connectivity index (χ1) is 22.3. The van der Waals surface area contributed by atoms with Crippen molar-refractivity contribution in [2.45, 2.75) is 96.4 Å². The molecule has 0 heterocycles. The number of carbonyl (C=O) groups excluding carboxylic acids is 5. The van der Waals surface area contributed by atoms with Crippen molar-refractivity contribution >= 4 is 29.5 Å². The highest BCUT2D eigenvalue weighted by Gasteiger charge is 2.33. The Kier molecular flexibility index (Phi) is 16.6. The average Bonchev–Trinajstić information content (AvgIpc) is 3.03. The van der Waals surface area contributed by atoms with Crippen LogP contribution in [0, 0.1) is 11.8 Å². The van der Waals surface area contributed by atoms with E-state index >= 15 is 0 Å². The molecular weight excluding hydrogens is 598 g/mol. The van der Waals surface area contributed by atoms with Crippen LogP contribution in [0.5, 0.6) is 0 Å². The normalized spacial score (nSPS) is 14.4. The first kappa shape index (κ1) is 38.9. The Labute approximate surface area is 278 Å². The van der Waals surface area contributed by atoms with Gasteiger partial charge in [0.1, 0.15) is 24.2 Å². The minimum Gasteiger partial charge on any atom is -0.368 e. The zero-order chi connectivity index (χ0) is 34.9. The maximum absolute atomic E-state index is 13.7. The SMILES string of the molecule is CC(C)C[C@H](NC(=O)[C@@H](N)CCCCN)C(=O)N[C@H](C(=O)N[C@@H](Cc1ccccc1)C(=O)N[C@@H](Cc1ccccc1)C(N)=O)C(C)C. The molecule has 5 amide bonds. The Hall–Kier alpha value is -4.29. The molecule has 47 heavy (non-hydrogen) atoms. The summed E-state index contributed by atoms with van der Waals surface area (Å²) in [6.07, 6.45) is 2.49. The first-order valence-corrected chi connectivity index (χ1v) is 16.4. The molecule has 0 saturated heterocycles. The van der Waals surface area contributed by atoms with Gasteiger partial charge in [-0.05, 0) is 48.8 Å². The minimum absolute atomic E-state index is 0.0545. The molecule has 2 aromatic rings. The van der Waals surface area contributed by atoms with Gasteiger partial charge in [0.15, 0.2) is 0 Å². The smallest absolute Gasteiger partial charge is 0.243 e. The van der Waals surface area contributed by atoms with Crippen molar-refractivity contribution in [1.29, 1.82) is 0 Å². The van der Waals surface area contributed by atoms with Gasteiger partial charge in [-0.15, -0.1) is 0 Å². The number of hydrogen-bond donors (Lipinski definition) is 7. The standard InChI is InChI=1S/C35H53N7O5/c1-22(2)19-28(40-32(44)26(37)17-11-12-18-36)34(46)42-30(23(3)4)35(47)41-29(21-25-15-9-6-10-16-25)33(45)39-27(31(38)43)20-24-13-7-5-8-14-24/h5-10,13-16,22-23,26-30H,11-12,17-21,36-37H2,1-4H3,(H2,38,43)(H,39,45)(H,40,44)(H,41,47)(H,42,46)/t26-,27-,28-,29-,30-/m0/s1. The van der Waals surface area contributed by atoms with Gasteiger partial charge in [-0.1, -0.05) is 94.8 Å². The second-order valence-electron chi connectivity index (χ2n) is 12.7. The zero-order valence-corrected chi connectivity index (χ0v) is 28.0. The van der Waals surface area contributed by atoms with Crippen LogP contribution in [0.3, 0.4) is 0 Å². The number of rotatable bonds is 20. The number of benzene rings is 2. The van der Waals surface area contributed by atoms with E-state index < -0.39 is 59.7 Å². The van der Waals surface area contributed by atoms with Crippen LogP contribution in [0.25, 0.3) is 0 Å². The molecule has 12 nitrogen and oxygen atoms in total. The highest BCUT2D eigenvalue weighted by molar-refractivity contribution is 5.96. The van der Waals surface area contributed by atoms with E-state index in [1.807, 2.05) is 74.5 Å². The van der Waals surface area contributed by atoms with Crippen LogP contribution in [-0.2, 0) is 36.8 Å². The van der Waals surface area contributed by atoms with E-state index in [2.05, 4.69) is 21.3 Å². The molecule has 0 aliphatic carbocycles. The summed E-state index contributed by atoms with van der Waals surface area (Å²) in [5.41, 5.74) is 18.8. The molecule has 10 N–H and O–H groups in total. The Morgan fingerprint density at radius 1 is 0.638 bits per heavy atom. The van der Waals surface area contributed by atoms with Gasteiger partial charge in [0.2, 0.25) is 29.5 Å². The number of primary amides is 1. The molecule has 0 aromatic heterocycles. The predicted molar refractivity (Wildman–Crippen MR) is 182 cm³/mol. The lowest BCUT2D eigenvalue weighted by Crippen LogP contribution is -2.60. The summed E-state index contributed by atoms with van der Waals surface area (Å²) in [4.78, 5) is 66.0. The van der Waals surface area contributed by atoms with Gasteiger partial charge in [0, 0.05) is 12.8 Å². The summed E-state index contributed by atoms with van der Waals surface area (Å²) in [6.45, 7) is 7.87. The fourth-order valence-corrected chi connectivity index (χ4v) is 5.08.